The molecule has 0 fully saturated rings. The molecular formula is C26H25NO4. The van der Waals surface area contributed by atoms with Crippen molar-refractivity contribution in [1.29, 1.82) is 0 Å². The number of Topliss-reactive ketones (excluding diaryl/α,β-unsaturated/α-hetero) is 1. The van der Waals surface area contributed by atoms with Crippen LogP contribution in [0.1, 0.15) is 41.8 Å². The Balaban J connectivity index is 1.65. The zero-order chi connectivity index (χ0) is 21.8. The summed E-state index contributed by atoms with van der Waals surface area (Å²) in [4.78, 5) is 27.7. The van der Waals surface area contributed by atoms with Crippen LogP contribution in [0.25, 0.3) is 0 Å². The highest BCUT2D eigenvalue weighted by Gasteiger charge is 2.43. The van der Waals surface area contributed by atoms with Gasteiger partial charge in [0.15, 0.2) is 11.5 Å². The number of carbonyl (C=O) groups is 2. The summed E-state index contributed by atoms with van der Waals surface area (Å²) in [5, 5.41) is 10.7. The molecule has 31 heavy (non-hydrogen) atoms. The molecule has 0 saturated carbocycles. The third-order valence-corrected chi connectivity index (χ3v) is 5.70. The minimum Gasteiger partial charge on any atom is -0.503 e. The third-order valence-electron chi connectivity index (χ3n) is 5.70. The van der Waals surface area contributed by atoms with E-state index < -0.39 is 17.7 Å². The molecule has 1 N–H and O–H groups in total. The predicted molar refractivity (Wildman–Crippen MR) is 117 cm³/mol. The molecule has 4 rings (SSSR count). The Morgan fingerprint density at radius 1 is 1.00 bits per heavy atom. The molecule has 158 valence electrons. The van der Waals surface area contributed by atoms with Gasteiger partial charge in [0.25, 0.3) is 5.91 Å². The molecule has 2 heterocycles. The highest BCUT2D eigenvalue weighted by Crippen LogP contribution is 2.39. The molecule has 2 aromatic carbocycles. The van der Waals surface area contributed by atoms with Gasteiger partial charge >= 0.3 is 0 Å². The summed E-state index contributed by atoms with van der Waals surface area (Å²) in [5.41, 5.74) is 3.16. The predicted octanol–water partition coefficient (Wildman–Crippen LogP) is 4.94. The quantitative estimate of drug-likeness (QED) is 0.566. The van der Waals surface area contributed by atoms with E-state index in [2.05, 4.69) is 6.92 Å². The van der Waals surface area contributed by atoms with E-state index in [1.807, 2.05) is 54.6 Å². The van der Waals surface area contributed by atoms with Crippen molar-refractivity contribution in [2.75, 3.05) is 0 Å². The highest BCUT2D eigenvalue weighted by molar-refractivity contribution is 6.09. The van der Waals surface area contributed by atoms with E-state index in [9.17, 15) is 14.7 Å². The van der Waals surface area contributed by atoms with Gasteiger partial charge in [-0.05, 0) is 41.7 Å². The van der Waals surface area contributed by atoms with Crippen LogP contribution in [0.4, 0.5) is 0 Å². The summed E-state index contributed by atoms with van der Waals surface area (Å²) in [6.45, 7) is 2.24. The number of aliphatic hydroxyl groups is 1. The van der Waals surface area contributed by atoms with Gasteiger partial charge < -0.3 is 14.4 Å². The van der Waals surface area contributed by atoms with Crippen molar-refractivity contribution in [2.24, 2.45) is 0 Å². The van der Waals surface area contributed by atoms with Gasteiger partial charge in [0.05, 0.1) is 24.4 Å². The number of amides is 1. The Hall–Kier alpha value is -3.60. The molecule has 0 aliphatic carbocycles. The molecule has 0 saturated heterocycles. The van der Waals surface area contributed by atoms with Crippen molar-refractivity contribution in [3.63, 3.8) is 0 Å². The highest BCUT2D eigenvalue weighted by atomic mass is 16.3. The van der Waals surface area contributed by atoms with Gasteiger partial charge in [-0.25, -0.2) is 0 Å². The number of hydrogen-bond donors (Lipinski definition) is 1. The largest absolute Gasteiger partial charge is 0.503 e. The van der Waals surface area contributed by atoms with E-state index in [0.717, 1.165) is 23.1 Å². The molecule has 5 heteroatoms. The minimum atomic E-state index is -0.647. The second kappa shape index (κ2) is 9.04. The fourth-order valence-electron chi connectivity index (χ4n) is 3.99. The molecule has 0 spiro atoms. The first-order chi connectivity index (χ1) is 15.1. The molecule has 1 aliphatic heterocycles. The van der Waals surface area contributed by atoms with Gasteiger partial charge in [0.1, 0.15) is 5.76 Å². The summed E-state index contributed by atoms with van der Waals surface area (Å²) in [6, 6.07) is 20.4. The first-order valence-electron chi connectivity index (χ1n) is 10.5. The van der Waals surface area contributed by atoms with Crippen LogP contribution in [0.15, 0.2) is 88.7 Å². The molecule has 1 unspecified atom stereocenters. The zero-order valence-electron chi connectivity index (χ0n) is 17.5. The fraction of sp³-hybridized carbons (Fsp3) is 0.231. The van der Waals surface area contributed by atoms with Gasteiger partial charge in [-0.3, -0.25) is 9.59 Å². The summed E-state index contributed by atoms with van der Waals surface area (Å²) in [6.07, 6.45) is 3.20. The second-order valence-corrected chi connectivity index (χ2v) is 7.68. The number of furan rings is 1. The number of benzene rings is 2. The number of aliphatic hydroxyl groups excluding tert-OH is 1. The van der Waals surface area contributed by atoms with Crippen molar-refractivity contribution in [1.82, 2.24) is 4.90 Å². The Morgan fingerprint density at radius 3 is 2.39 bits per heavy atom. The monoisotopic (exact) mass is 415 g/mol. The van der Waals surface area contributed by atoms with Crippen molar-refractivity contribution < 1.29 is 19.1 Å². The molecule has 1 atom stereocenters. The van der Waals surface area contributed by atoms with E-state index in [4.69, 9.17) is 4.42 Å². The van der Waals surface area contributed by atoms with E-state index >= 15 is 0 Å². The maximum atomic E-state index is 13.2. The number of hydrogen-bond acceptors (Lipinski definition) is 4. The lowest BCUT2D eigenvalue weighted by atomic mass is 9.92. The van der Waals surface area contributed by atoms with Gasteiger partial charge in [0.2, 0.25) is 0 Å². The minimum absolute atomic E-state index is 0.164. The van der Waals surface area contributed by atoms with Crippen LogP contribution in [-0.2, 0) is 29.0 Å². The molecule has 1 aliphatic rings. The van der Waals surface area contributed by atoms with Crippen LogP contribution in [0.2, 0.25) is 0 Å². The Bertz CT molecular complexity index is 1080. The standard InChI is InChI=1S/C26H25NO4/c1-2-18-10-13-20(14-11-18)24-23(22(28)15-12-19-7-4-3-5-8-19)25(29)26(30)27(24)17-21-9-6-16-31-21/h3-11,13-14,16,24,29H,2,12,15,17H2,1H3. The van der Waals surface area contributed by atoms with Crippen LogP contribution in [0.3, 0.4) is 0 Å². The van der Waals surface area contributed by atoms with Crippen LogP contribution in [-0.4, -0.2) is 21.7 Å². The normalized spacial score (nSPS) is 16.2. The number of aryl methyl sites for hydroxylation is 2. The summed E-state index contributed by atoms with van der Waals surface area (Å²) in [5.74, 6) is -0.645. The summed E-state index contributed by atoms with van der Waals surface area (Å²) in [7, 11) is 0. The number of nitrogens with zero attached hydrogens (tertiary/aromatic N) is 1. The van der Waals surface area contributed by atoms with Gasteiger partial charge in [-0.2, -0.15) is 0 Å². The average Bonchev–Trinajstić information content (AvgIpc) is 3.41. The van der Waals surface area contributed by atoms with Crippen molar-refractivity contribution in [3.8, 4) is 0 Å². The Morgan fingerprint density at radius 2 is 1.74 bits per heavy atom. The average molecular weight is 415 g/mol. The third kappa shape index (κ3) is 4.31. The number of carbonyl (C=O) groups excluding carboxylic acids is 2. The van der Waals surface area contributed by atoms with E-state index in [1.54, 1.807) is 18.4 Å². The lowest BCUT2D eigenvalue weighted by molar-refractivity contribution is -0.130. The maximum Gasteiger partial charge on any atom is 0.290 e. The Labute approximate surface area is 181 Å². The van der Waals surface area contributed by atoms with E-state index in [1.165, 1.54) is 4.90 Å². The van der Waals surface area contributed by atoms with E-state index in [-0.39, 0.29) is 24.3 Å². The van der Waals surface area contributed by atoms with Crippen LogP contribution < -0.4 is 0 Å². The zero-order valence-corrected chi connectivity index (χ0v) is 17.5. The first kappa shape index (κ1) is 20.7. The maximum absolute atomic E-state index is 13.2. The molecule has 0 radical (unpaired) electrons. The number of ketones is 1. The Kier molecular flexibility index (Phi) is 6.03. The van der Waals surface area contributed by atoms with Crippen molar-refractivity contribution in [3.05, 3.63) is 107 Å². The van der Waals surface area contributed by atoms with Crippen LogP contribution in [0, 0.1) is 0 Å². The van der Waals surface area contributed by atoms with Crippen LogP contribution in [0.5, 0.6) is 0 Å². The molecular weight excluding hydrogens is 390 g/mol. The van der Waals surface area contributed by atoms with Crippen molar-refractivity contribution >= 4 is 11.7 Å². The lowest BCUT2D eigenvalue weighted by Crippen LogP contribution is -2.30. The topological polar surface area (TPSA) is 70.8 Å². The van der Waals surface area contributed by atoms with Gasteiger partial charge in [-0.15, -0.1) is 0 Å². The fourth-order valence-corrected chi connectivity index (χ4v) is 3.99. The molecule has 0 bridgehead atoms. The van der Waals surface area contributed by atoms with Gasteiger partial charge in [0, 0.05) is 6.42 Å². The van der Waals surface area contributed by atoms with E-state index in [0.29, 0.717) is 12.2 Å². The molecule has 1 amide bonds. The first-order valence-corrected chi connectivity index (χ1v) is 10.5. The molecule has 5 nitrogen and oxygen atoms in total. The second-order valence-electron chi connectivity index (χ2n) is 7.68. The number of rotatable bonds is 8. The summed E-state index contributed by atoms with van der Waals surface area (Å²) >= 11 is 0. The molecule has 3 aromatic rings. The lowest BCUT2D eigenvalue weighted by Gasteiger charge is -2.26. The summed E-state index contributed by atoms with van der Waals surface area (Å²) < 4.78 is 5.42. The van der Waals surface area contributed by atoms with Gasteiger partial charge in [-0.1, -0.05) is 61.5 Å². The molecule has 1 aromatic heterocycles. The van der Waals surface area contributed by atoms with Crippen LogP contribution >= 0.6 is 0 Å². The smallest absolute Gasteiger partial charge is 0.290 e. The van der Waals surface area contributed by atoms with Crippen molar-refractivity contribution in [2.45, 2.75) is 38.8 Å². The SMILES string of the molecule is CCc1ccc(C2C(C(=O)CCc3ccccc3)=C(O)C(=O)N2Cc2ccco2)cc1.